The third-order valence-electron chi connectivity index (χ3n) is 3.01. The first-order valence-electron chi connectivity index (χ1n) is 6.11. The lowest BCUT2D eigenvalue weighted by atomic mass is 10.1. The summed E-state index contributed by atoms with van der Waals surface area (Å²) in [6.07, 6.45) is 0. The topological polar surface area (TPSA) is 12.0 Å². The van der Waals surface area contributed by atoms with Crippen LogP contribution < -0.4 is 5.32 Å². The first-order chi connectivity index (χ1) is 9.51. The minimum atomic E-state index is -0.827. The van der Waals surface area contributed by atoms with Crippen molar-refractivity contribution in [2.24, 2.45) is 0 Å². The molecule has 0 saturated carbocycles. The van der Waals surface area contributed by atoms with Gasteiger partial charge in [-0.15, -0.1) is 0 Å². The fourth-order valence-electron chi connectivity index (χ4n) is 1.70. The number of hydrogen-bond acceptors (Lipinski definition) is 2. The molecule has 0 aliphatic heterocycles. The third-order valence-corrected chi connectivity index (χ3v) is 4.99. The molecule has 20 heavy (non-hydrogen) atoms. The van der Waals surface area contributed by atoms with Gasteiger partial charge in [-0.05, 0) is 65.8 Å². The smallest absolute Gasteiger partial charge is 0.159 e. The molecule has 0 aliphatic rings. The average molecular weight is 358 g/mol. The van der Waals surface area contributed by atoms with E-state index >= 15 is 0 Å². The number of rotatable bonds is 4. The van der Waals surface area contributed by atoms with Gasteiger partial charge in [-0.25, -0.2) is 8.78 Å². The Bertz CT molecular complexity index is 619. The summed E-state index contributed by atoms with van der Waals surface area (Å²) in [5.41, 5.74) is 1.16. The largest absolute Gasteiger partial charge is 0.313 e. The zero-order chi connectivity index (χ0) is 14.7. The number of hydrogen-bond donors (Lipinski definition) is 1. The highest BCUT2D eigenvalue weighted by atomic mass is 79.9. The quantitative estimate of drug-likeness (QED) is 0.810. The van der Waals surface area contributed by atoms with Gasteiger partial charge in [0.1, 0.15) is 0 Å². The van der Waals surface area contributed by atoms with Crippen LogP contribution in [0, 0.1) is 11.6 Å². The van der Waals surface area contributed by atoms with Gasteiger partial charge >= 0.3 is 0 Å². The minimum Gasteiger partial charge on any atom is -0.313 e. The van der Waals surface area contributed by atoms with Gasteiger partial charge in [0.15, 0.2) is 11.6 Å². The molecule has 0 fully saturated rings. The lowest BCUT2D eigenvalue weighted by molar-refractivity contribution is 0.506. The van der Waals surface area contributed by atoms with Crippen LogP contribution in [0.1, 0.15) is 18.5 Å². The standard InChI is InChI=1S/C15H14BrF2NS/c1-9(19-2)10-3-6-15(12(16)7-10)20-11-4-5-13(17)14(18)8-11/h3-9,19H,1-2H3. The van der Waals surface area contributed by atoms with Gasteiger partial charge in [0.25, 0.3) is 0 Å². The summed E-state index contributed by atoms with van der Waals surface area (Å²) in [6, 6.07) is 10.2. The molecule has 1 N–H and O–H groups in total. The van der Waals surface area contributed by atoms with E-state index in [0.717, 1.165) is 21.0 Å². The molecule has 2 aromatic carbocycles. The van der Waals surface area contributed by atoms with Gasteiger partial charge in [-0.2, -0.15) is 0 Å². The summed E-state index contributed by atoms with van der Waals surface area (Å²) >= 11 is 4.91. The highest BCUT2D eigenvalue weighted by Crippen LogP contribution is 2.35. The van der Waals surface area contributed by atoms with E-state index in [0.29, 0.717) is 4.90 Å². The Morgan fingerprint density at radius 3 is 2.45 bits per heavy atom. The van der Waals surface area contributed by atoms with Gasteiger partial charge in [-0.1, -0.05) is 17.8 Å². The fraction of sp³-hybridized carbons (Fsp3) is 0.200. The van der Waals surface area contributed by atoms with Crippen molar-refractivity contribution in [3.05, 3.63) is 58.1 Å². The number of benzene rings is 2. The summed E-state index contributed by atoms with van der Waals surface area (Å²) in [7, 11) is 1.91. The zero-order valence-electron chi connectivity index (χ0n) is 11.1. The van der Waals surface area contributed by atoms with Crippen molar-refractivity contribution in [2.45, 2.75) is 22.8 Å². The molecule has 0 heterocycles. The van der Waals surface area contributed by atoms with Crippen LogP contribution in [0.5, 0.6) is 0 Å². The van der Waals surface area contributed by atoms with Gasteiger partial charge in [0, 0.05) is 20.3 Å². The lowest BCUT2D eigenvalue weighted by Crippen LogP contribution is -2.12. The molecule has 1 unspecified atom stereocenters. The Labute approximate surface area is 129 Å². The monoisotopic (exact) mass is 357 g/mol. The molecular formula is C15H14BrF2NS. The van der Waals surface area contributed by atoms with Crippen molar-refractivity contribution in [2.75, 3.05) is 7.05 Å². The van der Waals surface area contributed by atoms with Gasteiger partial charge < -0.3 is 5.32 Å². The second kappa shape index (κ2) is 6.70. The van der Waals surface area contributed by atoms with Crippen molar-refractivity contribution < 1.29 is 8.78 Å². The van der Waals surface area contributed by atoms with Crippen LogP contribution in [-0.4, -0.2) is 7.05 Å². The molecule has 0 saturated heterocycles. The maximum Gasteiger partial charge on any atom is 0.159 e. The molecule has 2 aromatic rings. The van der Waals surface area contributed by atoms with Crippen LogP contribution in [0.25, 0.3) is 0 Å². The summed E-state index contributed by atoms with van der Waals surface area (Å²) in [4.78, 5) is 1.63. The number of nitrogens with one attached hydrogen (secondary N) is 1. The molecule has 1 nitrogen and oxygen atoms in total. The van der Waals surface area contributed by atoms with E-state index in [1.54, 1.807) is 6.07 Å². The van der Waals surface area contributed by atoms with Gasteiger partial charge in [0.05, 0.1) is 0 Å². The molecular weight excluding hydrogens is 344 g/mol. The molecule has 0 bridgehead atoms. The first kappa shape index (κ1) is 15.5. The maximum atomic E-state index is 13.2. The Balaban J connectivity index is 2.23. The summed E-state index contributed by atoms with van der Waals surface area (Å²) in [5, 5.41) is 3.17. The van der Waals surface area contributed by atoms with E-state index in [2.05, 4.69) is 28.2 Å². The Morgan fingerprint density at radius 2 is 1.85 bits per heavy atom. The molecule has 0 aromatic heterocycles. The second-order valence-corrected chi connectivity index (χ2v) is 6.35. The van der Waals surface area contributed by atoms with Crippen molar-refractivity contribution in [1.82, 2.24) is 5.32 Å². The van der Waals surface area contributed by atoms with E-state index in [1.807, 2.05) is 25.2 Å². The lowest BCUT2D eigenvalue weighted by Gasteiger charge is -2.13. The molecule has 5 heteroatoms. The predicted molar refractivity (Wildman–Crippen MR) is 82.1 cm³/mol. The fourth-order valence-corrected chi connectivity index (χ4v) is 3.19. The SMILES string of the molecule is CNC(C)c1ccc(Sc2ccc(F)c(F)c2)c(Br)c1. The minimum absolute atomic E-state index is 0.258. The van der Waals surface area contributed by atoms with Crippen molar-refractivity contribution >= 4 is 27.7 Å². The first-order valence-corrected chi connectivity index (χ1v) is 7.72. The van der Waals surface area contributed by atoms with E-state index in [1.165, 1.54) is 17.8 Å². The Kier molecular flexibility index (Phi) is 5.18. The van der Waals surface area contributed by atoms with Crippen LogP contribution in [0.3, 0.4) is 0 Å². The summed E-state index contributed by atoms with van der Waals surface area (Å²) < 4.78 is 27.0. The molecule has 1 atom stereocenters. The van der Waals surface area contributed by atoms with Crippen LogP contribution >= 0.6 is 27.7 Å². The summed E-state index contributed by atoms with van der Waals surface area (Å²) in [6.45, 7) is 2.07. The van der Waals surface area contributed by atoms with Crippen LogP contribution in [0.2, 0.25) is 0 Å². The van der Waals surface area contributed by atoms with Crippen molar-refractivity contribution in [3.63, 3.8) is 0 Å². The second-order valence-electron chi connectivity index (χ2n) is 4.38. The van der Waals surface area contributed by atoms with E-state index in [4.69, 9.17) is 0 Å². The van der Waals surface area contributed by atoms with E-state index < -0.39 is 11.6 Å². The molecule has 2 rings (SSSR count). The molecule has 0 spiro atoms. The highest BCUT2D eigenvalue weighted by molar-refractivity contribution is 9.10. The zero-order valence-corrected chi connectivity index (χ0v) is 13.5. The Morgan fingerprint density at radius 1 is 1.10 bits per heavy atom. The highest BCUT2D eigenvalue weighted by Gasteiger charge is 2.09. The molecule has 0 amide bonds. The van der Waals surface area contributed by atoms with Crippen LogP contribution in [0.4, 0.5) is 8.78 Å². The van der Waals surface area contributed by atoms with Crippen molar-refractivity contribution in [3.8, 4) is 0 Å². The molecule has 0 radical (unpaired) electrons. The van der Waals surface area contributed by atoms with Crippen LogP contribution in [-0.2, 0) is 0 Å². The molecule has 0 aliphatic carbocycles. The van der Waals surface area contributed by atoms with Crippen molar-refractivity contribution in [1.29, 1.82) is 0 Å². The van der Waals surface area contributed by atoms with E-state index in [9.17, 15) is 8.78 Å². The summed E-state index contributed by atoms with van der Waals surface area (Å²) in [5.74, 6) is -1.65. The number of halogens is 3. The Hall–Kier alpha value is -0.910. The van der Waals surface area contributed by atoms with E-state index in [-0.39, 0.29) is 6.04 Å². The molecule has 106 valence electrons. The normalized spacial score (nSPS) is 12.4. The van der Waals surface area contributed by atoms with Gasteiger partial charge in [-0.3, -0.25) is 0 Å². The van der Waals surface area contributed by atoms with Crippen LogP contribution in [0.15, 0.2) is 50.7 Å². The van der Waals surface area contributed by atoms with Gasteiger partial charge in [0.2, 0.25) is 0 Å². The average Bonchev–Trinajstić information content (AvgIpc) is 2.44. The maximum absolute atomic E-state index is 13.2. The third kappa shape index (κ3) is 3.59. The predicted octanol–water partition coefficient (Wildman–Crippen LogP) is 5.16.